The topological polar surface area (TPSA) is 66.5 Å². The molecule has 0 saturated carbocycles. The second-order valence-electron chi connectivity index (χ2n) is 6.26. The molecule has 0 spiro atoms. The third-order valence-electron chi connectivity index (χ3n) is 4.40. The molecule has 1 amide bonds. The van der Waals surface area contributed by atoms with E-state index in [9.17, 15) is 13.2 Å². The molecule has 0 radical (unpaired) electrons. The summed E-state index contributed by atoms with van der Waals surface area (Å²) in [5, 5.41) is 2.35. The Balaban J connectivity index is 1.72. The van der Waals surface area contributed by atoms with Gasteiger partial charge in [0.15, 0.2) is 0 Å². The maximum absolute atomic E-state index is 12.8. The van der Waals surface area contributed by atoms with Gasteiger partial charge < -0.3 is 4.90 Å². The summed E-state index contributed by atoms with van der Waals surface area (Å²) < 4.78 is 27.3. The number of carbonyl (C=O) groups is 1. The Hall–Kier alpha value is -2.35. The monoisotopic (exact) mass is 434 g/mol. The largest absolute Gasteiger partial charge is 0.335 e. The Labute approximate surface area is 173 Å². The fraction of sp³-hybridized carbons (Fsp3) is 0.150. The van der Waals surface area contributed by atoms with Crippen LogP contribution in [0.1, 0.15) is 28.9 Å². The molecule has 146 valence electrons. The molecule has 1 atom stereocenters. The Morgan fingerprint density at radius 3 is 2.29 bits per heavy atom. The highest BCUT2D eigenvalue weighted by molar-refractivity contribution is 7.94. The van der Waals surface area contributed by atoms with Crippen LogP contribution in [-0.4, -0.2) is 26.3 Å². The van der Waals surface area contributed by atoms with Gasteiger partial charge in [-0.1, -0.05) is 29.8 Å². The quantitative estimate of drug-likeness (QED) is 0.591. The van der Waals surface area contributed by atoms with E-state index >= 15 is 0 Å². The van der Waals surface area contributed by atoms with Gasteiger partial charge in [0.05, 0.1) is 6.04 Å². The molecule has 1 N–H and O–H groups in total. The number of amides is 1. The van der Waals surface area contributed by atoms with Gasteiger partial charge in [-0.15, -0.1) is 11.3 Å². The lowest BCUT2D eigenvalue weighted by Gasteiger charge is -2.25. The summed E-state index contributed by atoms with van der Waals surface area (Å²) >= 11 is 7.06. The minimum absolute atomic E-state index is 0.137. The lowest BCUT2D eigenvalue weighted by molar-refractivity contribution is 0.0742. The Kier molecular flexibility index (Phi) is 6.07. The number of benzene rings is 2. The van der Waals surface area contributed by atoms with Crippen LogP contribution in [0.3, 0.4) is 0 Å². The lowest BCUT2D eigenvalue weighted by Crippen LogP contribution is -2.29. The van der Waals surface area contributed by atoms with Crippen molar-refractivity contribution >= 4 is 44.6 Å². The number of sulfonamides is 1. The van der Waals surface area contributed by atoms with E-state index in [1.807, 2.05) is 19.1 Å². The molecule has 1 heterocycles. The number of hydrogen-bond donors (Lipinski definition) is 1. The summed E-state index contributed by atoms with van der Waals surface area (Å²) in [6, 6.07) is 16.8. The summed E-state index contributed by atoms with van der Waals surface area (Å²) in [5.41, 5.74) is 1.85. The Morgan fingerprint density at radius 2 is 1.71 bits per heavy atom. The number of rotatable bonds is 6. The van der Waals surface area contributed by atoms with Crippen LogP contribution >= 0.6 is 22.9 Å². The number of hydrogen-bond acceptors (Lipinski definition) is 4. The van der Waals surface area contributed by atoms with Crippen molar-refractivity contribution in [3.8, 4) is 0 Å². The van der Waals surface area contributed by atoms with Crippen LogP contribution in [0.4, 0.5) is 5.69 Å². The lowest BCUT2D eigenvalue weighted by atomic mass is 10.1. The van der Waals surface area contributed by atoms with Gasteiger partial charge in [-0.3, -0.25) is 9.52 Å². The van der Waals surface area contributed by atoms with Gasteiger partial charge in [0.2, 0.25) is 0 Å². The van der Waals surface area contributed by atoms with Crippen molar-refractivity contribution in [1.29, 1.82) is 0 Å². The first-order chi connectivity index (χ1) is 13.3. The number of carbonyl (C=O) groups excluding carboxylic acids is 1. The molecule has 0 fully saturated rings. The van der Waals surface area contributed by atoms with Crippen LogP contribution in [0.5, 0.6) is 0 Å². The average Bonchev–Trinajstić information content (AvgIpc) is 3.23. The second kappa shape index (κ2) is 8.34. The van der Waals surface area contributed by atoms with Crippen LogP contribution in [0.15, 0.2) is 70.3 Å². The van der Waals surface area contributed by atoms with Gasteiger partial charge in [0.1, 0.15) is 4.21 Å². The van der Waals surface area contributed by atoms with Crippen LogP contribution in [-0.2, 0) is 10.0 Å². The number of nitrogens with zero attached hydrogens (tertiary/aromatic N) is 1. The molecule has 0 aliphatic carbocycles. The first kappa shape index (κ1) is 20.4. The van der Waals surface area contributed by atoms with E-state index in [-0.39, 0.29) is 16.2 Å². The summed E-state index contributed by atoms with van der Waals surface area (Å²) in [7, 11) is -1.88. The molecule has 8 heteroatoms. The molecule has 3 aromatic rings. The number of anilines is 1. The highest BCUT2D eigenvalue weighted by Crippen LogP contribution is 2.24. The third-order valence-corrected chi connectivity index (χ3v) is 7.43. The number of thiophene rings is 1. The molecule has 5 nitrogen and oxygen atoms in total. The van der Waals surface area contributed by atoms with Gasteiger partial charge in [-0.2, -0.15) is 0 Å². The minimum Gasteiger partial charge on any atom is -0.335 e. The third kappa shape index (κ3) is 4.55. The van der Waals surface area contributed by atoms with Gasteiger partial charge >= 0.3 is 0 Å². The first-order valence-corrected chi connectivity index (χ1v) is 11.2. The van der Waals surface area contributed by atoms with E-state index in [0.717, 1.165) is 16.9 Å². The smallest absolute Gasteiger partial charge is 0.271 e. The molecule has 0 aliphatic heterocycles. The second-order valence-corrected chi connectivity index (χ2v) is 9.55. The van der Waals surface area contributed by atoms with Crippen LogP contribution in [0.25, 0.3) is 0 Å². The summed E-state index contributed by atoms with van der Waals surface area (Å²) in [4.78, 5) is 14.4. The van der Waals surface area contributed by atoms with Crippen LogP contribution in [0.2, 0.25) is 5.02 Å². The molecular formula is C20H19ClN2O3S2. The number of nitrogens with one attached hydrogen (secondary N) is 1. The maximum Gasteiger partial charge on any atom is 0.271 e. The molecule has 2 aromatic carbocycles. The standard InChI is InChI=1S/C20H19ClN2O3S2/c1-14(15-5-9-17(21)10-6-15)23(2)20(24)16-7-11-18(12-8-16)22-28(25,26)19-4-3-13-27-19/h3-14,22H,1-2H3. The Morgan fingerprint density at radius 1 is 1.07 bits per heavy atom. The maximum atomic E-state index is 12.8. The zero-order valence-electron chi connectivity index (χ0n) is 15.3. The highest BCUT2D eigenvalue weighted by Gasteiger charge is 2.20. The van der Waals surface area contributed by atoms with E-state index < -0.39 is 10.0 Å². The minimum atomic E-state index is -3.61. The molecule has 1 aromatic heterocycles. The van der Waals surface area contributed by atoms with Crippen molar-refractivity contribution in [2.75, 3.05) is 11.8 Å². The van der Waals surface area contributed by atoms with Crippen molar-refractivity contribution in [3.63, 3.8) is 0 Å². The molecule has 1 unspecified atom stereocenters. The van der Waals surface area contributed by atoms with E-state index in [1.54, 1.807) is 59.8 Å². The van der Waals surface area contributed by atoms with Gasteiger partial charge in [0.25, 0.3) is 15.9 Å². The van der Waals surface area contributed by atoms with E-state index in [2.05, 4.69) is 4.72 Å². The van der Waals surface area contributed by atoms with Gasteiger partial charge in [-0.05, 0) is 60.3 Å². The zero-order chi connectivity index (χ0) is 20.3. The fourth-order valence-corrected chi connectivity index (χ4v) is 4.82. The van der Waals surface area contributed by atoms with Crippen molar-refractivity contribution < 1.29 is 13.2 Å². The van der Waals surface area contributed by atoms with E-state index in [0.29, 0.717) is 16.3 Å². The highest BCUT2D eigenvalue weighted by atomic mass is 35.5. The normalized spacial score (nSPS) is 12.4. The molecule has 3 rings (SSSR count). The van der Waals surface area contributed by atoms with Crippen LogP contribution in [0, 0.1) is 0 Å². The average molecular weight is 435 g/mol. The first-order valence-electron chi connectivity index (χ1n) is 8.47. The SMILES string of the molecule is CC(c1ccc(Cl)cc1)N(C)C(=O)c1ccc(NS(=O)(=O)c2cccs2)cc1. The summed E-state index contributed by atoms with van der Waals surface area (Å²) in [6.07, 6.45) is 0. The zero-order valence-corrected chi connectivity index (χ0v) is 17.7. The molecule has 0 saturated heterocycles. The van der Waals surface area contributed by atoms with Crippen molar-refractivity contribution in [2.24, 2.45) is 0 Å². The Bertz CT molecular complexity index is 1050. The van der Waals surface area contributed by atoms with Crippen LogP contribution < -0.4 is 4.72 Å². The van der Waals surface area contributed by atoms with E-state index in [1.165, 1.54) is 6.07 Å². The summed E-state index contributed by atoms with van der Waals surface area (Å²) in [6.45, 7) is 1.94. The molecule has 0 bridgehead atoms. The van der Waals surface area contributed by atoms with Gasteiger partial charge in [-0.25, -0.2) is 8.42 Å². The predicted molar refractivity (Wildman–Crippen MR) is 114 cm³/mol. The van der Waals surface area contributed by atoms with Crippen molar-refractivity contribution in [2.45, 2.75) is 17.2 Å². The van der Waals surface area contributed by atoms with E-state index in [4.69, 9.17) is 11.6 Å². The molecule has 0 aliphatic rings. The van der Waals surface area contributed by atoms with Crippen molar-refractivity contribution in [3.05, 3.63) is 82.2 Å². The predicted octanol–water partition coefficient (Wildman–Crippen LogP) is 5.04. The molecule has 28 heavy (non-hydrogen) atoms. The fourth-order valence-electron chi connectivity index (χ4n) is 2.65. The molecular weight excluding hydrogens is 416 g/mol. The van der Waals surface area contributed by atoms with Gasteiger partial charge in [0, 0.05) is 23.3 Å². The number of halogens is 1. The summed E-state index contributed by atoms with van der Waals surface area (Å²) in [5.74, 6) is -0.157. The van der Waals surface area contributed by atoms with Crippen molar-refractivity contribution in [1.82, 2.24) is 4.90 Å².